The molecule has 1 atom stereocenters. The maximum atomic E-state index is 12.7. The van der Waals surface area contributed by atoms with Crippen molar-refractivity contribution in [3.8, 4) is 0 Å². The summed E-state index contributed by atoms with van der Waals surface area (Å²) in [5.41, 5.74) is 4.18. The fourth-order valence-electron chi connectivity index (χ4n) is 3.14. The topological polar surface area (TPSA) is 88.2 Å². The van der Waals surface area contributed by atoms with Gasteiger partial charge < -0.3 is 10.6 Å². The Morgan fingerprint density at radius 1 is 1.00 bits per heavy atom. The van der Waals surface area contributed by atoms with Gasteiger partial charge in [0.1, 0.15) is 0 Å². The molecule has 0 saturated carbocycles. The van der Waals surface area contributed by atoms with Crippen molar-refractivity contribution in [3.63, 3.8) is 0 Å². The van der Waals surface area contributed by atoms with Crippen LogP contribution < -0.4 is 10.6 Å². The number of aryl methyl sites for hydroxylation is 1. The molecule has 0 spiro atoms. The van der Waals surface area contributed by atoms with Gasteiger partial charge in [0.2, 0.25) is 0 Å². The van der Waals surface area contributed by atoms with Gasteiger partial charge >= 0.3 is 6.03 Å². The molecule has 7 heteroatoms. The smallest absolute Gasteiger partial charge is 0.319 e. The van der Waals surface area contributed by atoms with Crippen LogP contribution >= 0.6 is 0 Å². The zero-order valence-electron chi connectivity index (χ0n) is 17.0. The Balaban J connectivity index is 1.73. The van der Waals surface area contributed by atoms with Crippen LogP contribution in [0.3, 0.4) is 0 Å². The highest BCUT2D eigenvalue weighted by Gasteiger charge is 2.17. The number of aromatic nitrogens is 1. The van der Waals surface area contributed by atoms with Gasteiger partial charge in [0.05, 0.1) is 17.5 Å². The lowest BCUT2D eigenvalue weighted by molar-refractivity contribution is 0.248. The van der Waals surface area contributed by atoms with Crippen LogP contribution in [0.1, 0.15) is 28.4 Å². The molecule has 1 unspecified atom stereocenters. The number of urea groups is 1. The molecule has 0 aliphatic rings. The van der Waals surface area contributed by atoms with E-state index in [1.807, 2.05) is 49.4 Å². The first-order valence-electron chi connectivity index (χ1n) is 9.59. The number of carbonyl (C=O) groups is 1. The molecular formula is C23H25N3O3S. The summed E-state index contributed by atoms with van der Waals surface area (Å²) >= 11 is 0. The van der Waals surface area contributed by atoms with E-state index in [1.165, 1.54) is 11.8 Å². The fourth-order valence-corrected chi connectivity index (χ4v) is 3.92. The monoisotopic (exact) mass is 423 g/mol. The molecule has 0 aliphatic carbocycles. The maximum absolute atomic E-state index is 12.7. The van der Waals surface area contributed by atoms with Crippen LogP contribution in [0.2, 0.25) is 0 Å². The largest absolute Gasteiger partial charge is 0.329 e. The minimum atomic E-state index is -3.15. The third kappa shape index (κ3) is 6.70. The Kier molecular flexibility index (Phi) is 6.84. The molecule has 3 aromatic rings. The van der Waals surface area contributed by atoms with Gasteiger partial charge in [-0.25, -0.2) is 13.2 Å². The molecule has 1 aromatic heterocycles. The SMILES string of the molecule is Cc1ccc(CC(NC(=O)Nc2cccc(CS(C)(=O)=O)c2)c2ccccn2)cc1. The zero-order chi connectivity index (χ0) is 21.6. The third-order valence-electron chi connectivity index (χ3n) is 4.52. The maximum Gasteiger partial charge on any atom is 0.319 e. The fraction of sp³-hybridized carbons (Fsp3) is 0.217. The standard InChI is InChI=1S/C23H25N3O3S/c1-17-9-11-18(12-10-17)15-22(21-8-3-4-13-24-21)26-23(27)25-20-7-5-6-19(14-20)16-30(2,28)29/h3-14,22H,15-16H2,1-2H3,(H2,25,26,27). The van der Waals surface area contributed by atoms with Crippen molar-refractivity contribution in [1.29, 1.82) is 0 Å². The Morgan fingerprint density at radius 3 is 2.43 bits per heavy atom. The van der Waals surface area contributed by atoms with E-state index in [9.17, 15) is 13.2 Å². The van der Waals surface area contributed by atoms with E-state index in [-0.39, 0.29) is 17.8 Å². The summed E-state index contributed by atoms with van der Waals surface area (Å²) < 4.78 is 23.0. The van der Waals surface area contributed by atoms with Gasteiger partial charge in [0.15, 0.2) is 9.84 Å². The van der Waals surface area contributed by atoms with Gasteiger partial charge in [-0.15, -0.1) is 0 Å². The van der Waals surface area contributed by atoms with Crippen LogP contribution in [0.4, 0.5) is 10.5 Å². The first-order valence-corrected chi connectivity index (χ1v) is 11.7. The Labute approximate surface area is 177 Å². The number of anilines is 1. The minimum Gasteiger partial charge on any atom is -0.329 e. The lowest BCUT2D eigenvalue weighted by Crippen LogP contribution is -2.34. The predicted molar refractivity (Wildman–Crippen MR) is 119 cm³/mol. The first kappa shape index (κ1) is 21.5. The van der Waals surface area contributed by atoms with E-state index in [0.717, 1.165) is 11.3 Å². The molecule has 0 saturated heterocycles. The lowest BCUT2D eigenvalue weighted by atomic mass is 10.0. The minimum absolute atomic E-state index is 0.0753. The van der Waals surface area contributed by atoms with Gasteiger partial charge in [0, 0.05) is 18.1 Å². The summed E-state index contributed by atoms with van der Waals surface area (Å²) in [6.45, 7) is 2.03. The van der Waals surface area contributed by atoms with Crippen molar-refractivity contribution in [2.45, 2.75) is 25.1 Å². The third-order valence-corrected chi connectivity index (χ3v) is 5.38. The van der Waals surface area contributed by atoms with Crippen molar-refractivity contribution in [2.24, 2.45) is 0 Å². The number of benzene rings is 2. The molecule has 6 nitrogen and oxygen atoms in total. The molecule has 2 aromatic carbocycles. The van der Waals surface area contributed by atoms with E-state index in [1.54, 1.807) is 30.5 Å². The number of hydrogen-bond acceptors (Lipinski definition) is 4. The van der Waals surface area contributed by atoms with Crippen LogP contribution in [0.15, 0.2) is 72.9 Å². The van der Waals surface area contributed by atoms with E-state index in [0.29, 0.717) is 17.7 Å². The number of nitrogens with one attached hydrogen (secondary N) is 2. The summed E-state index contributed by atoms with van der Waals surface area (Å²) in [4.78, 5) is 17.1. The van der Waals surface area contributed by atoms with Crippen LogP contribution in [0.25, 0.3) is 0 Å². The molecule has 30 heavy (non-hydrogen) atoms. The quantitative estimate of drug-likeness (QED) is 0.600. The summed E-state index contributed by atoms with van der Waals surface area (Å²) in [6.07, 6.45) is 3.48. The Morgan fingerprint density at radius 2 is 1.77 bits per heavy atom. The molecule has 1 heterocycles. The number of nitrogens with zero attached hydrogens (tertiary/aromatic N) is 1. The molecule has 3 rings (SSSR count). The summed E-state index contributed by atoms with van der Waals surface area (Å²) in [5, 5.41) is 5.77. The van der Waals surface area contributed by atoms with Gasteiger partial charge in [-0.2, -0.15) is 0 Å². The lowest BCUT2D eigenvalue weighted by Gasteiger charge is -2.19. The van der Waals surface area contributed by atoms with Crippen molar-refractivity contribution in [1.82, 2.24) is 10.3 Å². The van der Waals surface area contributed by atoms with Crippen molar-refractivity contribution < 1.29 is 13.2 Å². The number of carbonyl (C=O) groups excluding carboxylic acids is 1. The second-order valence-electron chi connectivity index (χ2n) is 7.37. The zero-order valence-corrected chi connectivity index (χ0v) is 17.8. The van der Waals surface area contributed by atoms with Crippen molar-refractivity contribution >= 4 is 21.6 Å². The molecule has 2 N–H and O–H groups in total. The summed E-state index contributed by atoms with van der Waals surface area (Å²) in [5.74, 6) is -0.0753. The molecule has 0 aliphatic heterocycles. The van der Waals surface area contributed by atoms with Crippen molar-refractivity contribution in [3.05, 3.63) is 95.3 Å². The molecular weight excluding hydrogens is 398 g/mol. The van der Waals surface area contributed by atoms with Crippen LogP contribution in [0, 0.1) is 6.92 Å². The molecule has 156 valence electrons. The summed E-state index contributed by atoms with van der Waals surface area (Å²) in [7, 11) is -3.15. The molecule has 0 bridgehead atoms. The second kappa shape index (κ2) is 9.54. The number of sulfone groups is 1. The summed E-state index contributed by atoms with van der Waals surface area (Å²) in [6, 6.07) is 19.9. The highest BCUT2D eigenvalue weighted by molar-refractivity contribution is 7.89. The number of hydrogen-bond donors (Lipinski definition) is 2. The highest BCUT2D eigenvalue weighted by Crippen LogP contribution is 2.18. The van der Waals surface area contributed by atoms with E-state index in [2.05, 4.69) is 15.6 Å². The number of rotatable bonds is 7. The molecule has 0 fully saturated rings. The first-order chi connectivity index (χ1) is 14.3. The highest BCUT2D eigenvalue weighted by atomic mass is 32.2. The van der Waals surface area contributed by atoms with E-state index < -0.39 is 9.84 Å². The van der Waals surface area contributed by atoms with Gasteiger partial charge in [-0.1, -0.05) is 48.0 Å². The average molecular weight is 424 g/mol. The number of amides is 2. The second-order valence-corrected chi connectivity index (χ2v) is 9.51. The van der Waals surface area contributed by atoms with Gasteiger partial charge in [0.25, 0.3) is 0 Å². The Hall–Kier alpha value is -3.19. The van der Waals surface area contributed by atoms with Gasteiger partial charge in [-0.3, -0.25) is 4.98 Å². The van der Waals surface area contributed by atoms with E-state index >= 15 is 0 Å². The molecule has 0 radical (unpaired) electrons. The number of pyridine rings is 1. The van der Waals surface area contributed by atoms with E-state index in [4.69, 9.17) is 0 Å². The van der Waals surface area contributed by atoms with Crippen LogP contribution in [-0.2, 0) is 22.0 Å². The normalized spacial score (nSPS) is 12.2. The van der Waals surface area contributed by atoms with Crippen LogP contribution in [-0.4, -0.2) is 25.7 Å². The Bertz CT molecular complexity index is 1100. The van der Waals surface area contributed by atoms with Crippen LogP contribution in [0.5, 0.6) is 0 Å². The average Bonchev–Trinajstić information content (AvgIpc) is 2.69. The predicted octanol–water partition coefficient (Wildman–Crippen LogP) is 4.04. The van der Waals surface area contributed by atoms with Crippen molar-refractivity contribution in [2.75, 3.05) is 11.6 Å². The molecule has 2 amide bonds. The van der Waals surface area contributed by atoms with Gasteiger partial charge in [-0.05, 0) is 48.7 Å².